The van der Waals surface area contributed by atoms with E-state index < -0.39 is 0 Å². The Balaban J connectivity index is 1.64. The molecule has 0 bridgehead atoms. The summed E-state index contributed by atoms with van der Waals surface area (Å²) in [5, 5.41) is 0. The van der Waals surface area contributed by atoms with Gasteiger partial charge in [0.1, 0.15) is 0 Å². The zero-order valence-corrected chi connectivity index (χ0v) is 14.3. The van der Waals surface area contributed by atoms with E-state index in [1.165, 1.54) is 40.7 Å². The van der Waals surface area contributed by atoms with E-state index in [0.29, 0.717) is 5.92 Å². The van der Waals surface area contributed by atoms with Crippen LogP contribution in [0.3, 0.4) is 0 Å². The van der Waals surface area contributed by atoms with Crippen molar-refractivity contribution in [1.29, 1.82) is 0 Å². The highest BCUT2D eigenvalue weighted by Gasteiger charge is 2.27. The van der Waals surface area contributed by atoms with Crippen LogP contribution < -0.4 is 0 Å². The molecule has 0 spiro atoms. The van der Waals surface area contributed by atoms with Crippen molar-refractivity contribution < 1.29 is 0 Å². The van der Waals surface area contributed by atoms with Gasteiger partial charge in [-0.05, 0) is 82.7 Å². The lowest BCUT2D eigenvalue weighted by molar-refractivity contribution is 0.666. The van der Waals surface area contributed by atoms with E-state index in [9.17, 15) is 0 Å². The van der Waals surface area contributed by atoms with Crippen LogP contribution in [0.25, 0.3) is 17.2 Å². The minimum atomic E-state index is 0.545. The predicted octanol–water partition coefficient (Wildman–Crippen LogP) is 5.59. The van der Waals surface area contributed by atoms with Crippen molar-refractivity contribution in [2.75, 3.05) is 0 Å². The quantitative estimate of drug-likeness (QED) is 0.599. The van der Waals surface area contributed by atoms with Crippen molar-refractivity contribution in [3.05, 3.63) is 94.8 Å². The molecule has 3 aromatic rings. The second-order valence-corrected chi connectivity index (χ2v) is 7.15. The summed E-state index contributed by atoms with van der Waals surface area (Å²) in [6.45, 7) is 0. The molecule has 0 amide bonds. The lowest BCUT2D eigenvalue weighted by Gasteiger charge is -2.31. The van der Waals surface area contributed by atoms with Crippen molar-refractivity contribution in [2.24, 2.45) is 0 Å². The van der Waals surface area contributed by atoms with E-state index in [2.05, 4.69) is 65.7 Å². The fraction of sp³-hybridized carbons (Fsp3) is 0.208. The molecule has 0 radical (unpaired) electrons. The second kappa shape index (κ2) is 6.00. The molecule has 2 aliphatic carbocycles. The molecule has 2 aromatic carbocycles. The Labute approximate surface area is 149 Å². The number of benzene rings is 2. The zero-order chi connectivity index (χ0) is 16.6. The Morgan fingerprint density at radius 2 is 1.76 bits per heavy atom. The van der Waals surface area contributed by atoms with Gasteiger partial charge < -0.3 is 0 Å². The third-order valence-corrected chi connectivity index (χ3v) is 5.70. The average Bonchev–Trinajstić information content (AvgIpc) is 2.69. The number of rotatable bonds is 2. The molecule has 122 valence electrons. The third kappa shape index (κ3) is 2.51. The molecular formula is C24H21N. The first kappa shape index (κ1) is 14.7. The summed E-state index contributed by atoms with van der Waals surface area (Å²) in [7, 11) is 0. The molecule has 0 saturated heterocycles. The van der Waals surface area contributed by atoms with Gasteiger partial charge in [-0.1, -0.05) is 48.6 Å². The first-order valence-corrected chi connectivity index (χ1v) is 9.19. The van der Waals surface area contributed by atoms with Gasteiger partial charge in [-0.2, -0.15) is 0 Å². The molecule has 25 heavy (non-hydrogen) atoms. The standard InChI is InChI=1S/C24H21N/c1-2-6-20-18(5-1)9-10-23-22-8-4-3-7-21(22)19(16-24(20)23)15-17-11-13-25-14-12-17/h1,3-5,7-14,19H,2,6,15-16H2. The van der Waals surface area contributed by atoms with E-state index in [-0.39, 0.29) is 0 Å². The molecule has 2 aliphatic rings. The van der Waals surface area contributed by atoms with Crippen molar-refractivity contribution in [1.82, 2.24) is 4.98 Å². The molecule has 0 saturated carbocycles. The van der Waals surface area contributed by atoms with Gasteiger partial charge in [0.25, 0.3) is 0 Å². The maximum Gasteiger partial charge on any atom is 0.0270 e. The van der Waals surface area contributed by atoms with Crippen LogP contribution in [0.15, 0.2) is 67.0 Å². The number of hydrogen-bond acceptors (Lipinski definition) is 1. The van der Waals surface area contributed by atoms with Crippen molar-refractivity contribution in [3.8, 4) is 11.1 Å². The van der Waals surface area contributed by atoms with Gasteiger partial charge in [-0.15, -0.1) is 0 Å². The molecule has 1 nitrogen and oxygen atoms in total. The Kier molecular flexibility index (Phi) is 3.52. The molecule has 0 N–H and O–H groups in total. The minimum absolute atomic E-state index is 0.545. The minimum Gasteiger partial charge on any atom is -0.265 e. The molecular weight excluding hydrogens is 302 g/mol. The smallest absolute Gasteiger partial charge is 0.0270 e. The van der Waals surface area contributed by atoms with Crippen LogP contribution in [-0.4, -0.2) is 4.98 Å². The van der Waals surface area contributed by atoms with Crippen LogP contribution in [0.4, 0.5) is 0 Å². The third-order valence-electron chi connectivity index (χ3n) is 5.70. The number of fused-ring (bicyclic) bond motifs is 5. The van der Waals surface area contributed by atoms with Crippen molar-refractivity contribution in [2.45, 2.75) is 31.6 Å². The monoisotopic (exact) mass is 323 g/mol. The average molecular weight is 323 g/mol. The molecule has 5 rings (SSSR count). The number of aromatic nitrogens is 1. The van der Waals surface area contributed by atoms with Crippen LogP contribution >= 0.6 is 0 Å². The zero-order valence-electron chi connectivity index (χ0n) is 14.3. The Bertz CT molecular complexity index is 953. The lowest BCUT2D eigenvalue weighted by Crippen LogP contribution is -2.16. The van der Waals surface area contributed by atoms with Gasteiger partial charge in [-0.25, -0.2) is 0 Å². The van der Waals surface area contributed by atoms with Gasteiger partial charge in [0.15, 0.2) is 0 Å². The maximum atomic E-state index is 4.17. The SMILES string of the molecule is C1=Cc2ccc3c(c2CC1)CC(Cc1ccncc1)c1ccccc1-3. The van der Waals surface area contributed by atoms with Crippen LogP contribution in [0.2, 0.25) is 0 Å². The summed E-state index contributed by atoms with van der Waals surface area (Å²) < 4.78 is 0. The number of pyridine rings is 1. The summed E-state index contributed by atoms with van der Waals surface area (Å²) in [5.41, 5.74) is 10.3. The summed E-state index contributed by atoms with van der Waals surface area (Å²) in [4.78, 5) is 4.17. The summed E-state index contributed by atoms with van der Waals surface area (Å²) in [6, 6.07) is 17.9. The van der Waals surface area contributed by atoms with Crippen LogP contribution in [0, 0.1) is 0 Å². The fourth-order valence-electron chi connectivity index (χ4n) is 4.53. The van der Waals surface area contributed by atoms with Crippen molar-refractivity contribution in [3.63, 3.8) is 0 Å². The highest BCUT2D eigenvalue weighted by atomic mass is 14.6. The first-order valence-electron chi connectivity index (χ1n) is 9.19. The molecule has 1 unspecified atom stereocenters. The van der Waals surface area contributed by atoms with Crippen LogP contribution in [0.1, 0.15) is 40.2 Å². The largest absolute Gasteiger partial charge is 0.265 e. The predicted molar refractivity (Wildman–Crippen MR) is 104 cm³/mol. The number of nitrogens with zero attached hydrogens (tertiary/aromatic N) is 1. The lowest BCUT2D eigenvalue weighted by atomic mass is 9.73. The van der Waals surface area contributed by atoms with Gasteiger partial charge in [0, 0.05) is 12.4 Å². The fourth-order valence-corrected chi connectivity index (χ4v) is 4.53. The molecule has 1 heteroatoms. The topological polar surface area (TPSA) is 12.9 Å². The molecule has 0 fully saturated rings. The molecule has 0 aliphatic heterocycles. The first-order chi connectivity index (χ1) is 12.4. The van der Waals surface area contributed by atoms with Gasteiger partial charge in [0.2, 0.25) is 0 Å². The van der Waals surface area contributed by atoms with Gasteiger partial charge in [-0.3, -0.25) is 4.98 Å². The highest BCUT2D eigenvalue weighted by molar-refractivity contribution is 5.78. The van der Waals surface area contributed by atoms with E-state index in [1.54, 1.807) is 11.1 Å². The molecule has 1 aromatic heterocycles. The maximum absolute atomic E-state index is 4.17. The number of allylic oxidation sites excluding steroid dienone is 1. The van der Waals surface area contributed by atoms with E-state index in [0.717, 1.165) is 12.8 Å². The Morgan fingerprint density at radius 1 is 0.880 bits per heavy atom. The van der Waals surface area contributed by atoms with Crippen molar-refractivity contribution >= 4 is 6.08 Å². The molecule has 1 atom stereocenters. The van der Waals surface area contributed by atoms with E-state index in [4.69, 9.17) is 0 Å². The van der Waals surface area contributed by atoms with Crippen LogP contribution in [-0.2, 0) is 19.3 Å². The van der Waals surface area contributed by atoms with E-state index in [1.807, 2.05) is 12.4 Å². The summed E-state index contributed by atoms with van der Waals surface area (Å²) in [6.07, 6.45) is 13.0. The Morgan fingerprint density at radius 3 is 2.68 bits per heavy atom. The highest BCUT2D eigenvalue weighted by Crippen LogP contribution is 2.43. The number of hydrogen-bond donors (Lipinski definition) is 0. The summed E-state index contributed by atoms with van der Waals surface area (Å²) >= 11 is 0. The Hall–Kier alpha value is -2.67. The van der Waals surface area contributed by atoms with Gasteiger partial charge >= 0.3 is 0 Å². The molecule has 1 heterocycles. The second-order valence-electron chi connectivity index (χ2n) is 7.15. The normalized spacial score (nSPS) is 17.5. The van der Waals surface area contributed by atoms with Gasteiger partial charge in [0.05, 0.1) is 0 Å². The van der Waals surface area contributed by atoms with Crippen LogP contribution in [0.5, 0.6) is 0 Å². The summed E-state index contributed by atoms with van der Waals surface area (Å²) in [5.74, 6) is 0.545. The van der Waals surface area contributed by atoms with E-state index >= 15 is 0 Å².